The molecule has 0 fully saturated rings. The Bertz CT molecular complexity index is 948. The van der Waals surface area contributed by atoms with Gasteiger partial charge in [-0.3, -0.25) is 4.79 Å². The second-order valence-corrected chi connectivity index (χ2v) is 6.04. The first-order valence-electron chi connectivity index (χ1n) is 7.45. The maximum Gasteiger partial charge on any atom is 0.257 e. The van der Waals surface area contributed by atoms with Crippen molar-refractivity contribution >= 4 is 39.0 Å². The molecule has 0 unspecified atom stereocenters. The highest BCUT2D eigenvalue weighted by Crippen LogP contribution is 2.20. The van der Waals surface area contributed by atoms with Crippen molar-refractivity contribution in [3.8, 4) is 6.07 Å². The number of nitriles is 1. The molecule has 0 aliphatic carbocycles. The van der Waals surface area contributed by atoms with E-state index in [1.165, 1.54) is 0 Å². The lowest BCUT2D eigenvalue weighted by Crippen LogP contribution is -2.13. The van der Waals surface area contributed by atoms with Crippen LogP contribution in [0.5, 0.6) is 0 Å². The van der Waals surface area contributed by atoms with E-state index < -0.39 is 0 Å². The van der Waals surface area contributed by atoms with Crippen LogP contribution in [0.15, 0.2) is 71.3 Å². The van der Waals surface area contributed by atoms with Crippen molar-refractivity contribution in [2.75, 3.05) is 10.6 Å². The Morgan fingerprint density at radius 1 is 1.04 bits per heavy atom. The summed E-state index contributed by atoms with van der Waals surface area (Å²) in [4.78, 5) is 16.5. The minimum atomic E-state index is -0.234. The fraction of sp³-hybridized carbons (Fsp3) is 0. The molecule has 1 amide bonds. The molecule has 0 aliphatic heterocycles. The van der Waals surface area contributed by atoms with Crippen LogP contribution < -0.4 is 10.6 Å². The first-order chi connectivity index (χ1) is 12.2. The van der Waals surface area contributed by atoms with Crippen LogP contribution in [0.4, 0.5) is 17.2 Å². The number of benzene rings is 2. The van der Waals surface area contributed by atoms with Gasteiger partial charge in [-0.05, 0) is 58.4 Å². The van der Waals surface area contributed by atoms with Gasteiger partial charge in [-0.2, -0.15) is 5.26 Å². The van der Waals surface area contributed by atoms with Crippen molar-refractivity contribution in [3.63, 3.8) is 0 Å². The Morgan fingerprint density at radius 2 is 1.88 bits per heavy atom. The van der Waals surface area contributed by atoms with Crippen molar-refractivity contribution in [2.24, 2.45) is 0 Å². The van der Waals surface area contributed by atoms with Gasteiger partial charge in [-0.1, -0.05) is 18.2 Å². The quantitative estimate of drug-likeness (QED) is 0.673. The lowest BCUT2D eigenvalue weighted by atomic mass is 10.2. The highest BCUT2D eigenvalue weighted by atomic mass is 79.9. The summed E-state index contributed by atoms with van der Waals surface area (Å²) in [5, 5.41) is 14.9. The van der Waals surface area contributed by atoms with Crippen molar-refractivity contribution in [1.82, 2.24) is 4.98 Å². The lowest BCUT2D eigenvalue weighted by molar-refractivity contribution is 0.102. The normalized spacial score (nSPS) is 9.92. The Labute approximate surface area is 153 Å². The largest absolute Gasteiger partial charge is 0.354 e. The molecular formula is C19H13BrN4O. The molecule has 0 atom stereocenters. The Balaban J connectivity index is 1.69. The fourth-order valence-corrected chi connectivity index (χ4v) is 2.67. The van der Waals surface area contributed by atoms with Gasteiger partial charge in [0.25, 0.3) is 5.91 Å². The summed E-state index contributed by atoms with van der Waals surface area (Å²) in [6.07, 6.45) is 1.62. The molecular weight excluding hydrogens is 380 g/mol. The molecule has 0 aliphatic rings. The van der Waals surface area contributed by atoms with E-state index in [-0.39, 0.29) is 5.91 Å². The van der Waals surface area contributed by atoms with Crippen LogP contribution in [-0.4, -0.2) is 10.9 Å². The maximum absolute atomic E-state index is 12.3. The zero-order chi connectivity index (χ0) is 17.6. The number of amides is 1. The number of hydrogen-bond donors (Lipinski definition) is 2. The minimum Gasteiger partial charge on any atom is -0.354 e. The van der Waals surface area contributed by atoms with E-state index in [0.29, 0.717) is 16.9 Å². The molecule has 0 saturated heterocycles. The molecule has 0 radical (unpaired) electrons. The SMILES string of the molecule is N#Cc1cccc(Nc2ccc(NC(=O)c3ccccc3Br)nc2)c1. The van der Waals surface area contributed by atoms with Gasteiger partial charge in [0.15, 0.2) is 0 Å². The molecule has 0 spiro atoms. The first kappa shape index (κ1) is 16.7. The van der Waals surface area contributed by atoms with Crippen LogP contribution in [0, 0.1) is 11.3 Å². The Kier molecular flexibility index (Phi) is 5.07. The summed E-state index contributed by atoms with van der Waals surface area (Å²) in [5.41, 5.74) is 2.68. The molecule has 5 nitrogen and oxygen atoms in total. The van der Waals surface area contributed by atoms with E-state index >= 15 is 0 Å². The zero-order valence-electron chi connectivity index (χ0n) is 13.0. The van der Waals surface area contributed by atoms with E-state index in [1.54, 1.807) is 42.6 Å². The average Bonchev–Trinajstić information content (AvgIpc) is 2.64. The highest BCUT2D eigenvalue weighted by Gasteiger charge is 2.10. The predicted octanol–water partition coefficient (Wildman–Crippen LogP) is 4.71. The molecule has 3 rings (SSSR count). The summed E-state index contributed by atoms with van der Waals surface area (Å²) in [6, 6.07) is 20.0. The van der Waals surface area contributed by atoms with Gasteiger partial charge < -0.3 is 10.6 Å². The molecule has 1 heterocycles. The smallest absolute Gasteiger partial charge is 0.257 e. The van der Waals surface area contributed by atoms with Gasteiger partial charge in [0.2, 0.25) is 0 Å². The van der Waals surface area contributed by atoms with E-state index in [4.69, 9.17) is 5.26 Å². The summed E-state index contributed by atoms with van der Waals surface area (Å²) in [7, 11) is 0. The molecule has 3 aromatic rings. The lowest BCUT2D eigenvalue weighted by Gasteiger charge is -2.09. The van der Waals surface area contributed by atoms with E-state index in [1.807, 2.05) is 24.3 Å². The molecule has 122 valence electrons. The summed E-state index contributed by atoms with van der Waals surface area (Å²) in [6.45, 7) is 0. The standard InChI is InChI=1S/C19H13BrN4O/c20-17-7-2-1-6-16(17)19(25)24-18-9-8-15(12-22-18)23-14-5-3-4-13(10-14)11-21/h1-10,12,23H,(H,22,24,25). The molecule has 0 bridgehead atoms. The zero-order valence-corrected chi connectivity index (χ0v) is 14.6. The minimum absolute atomic E-state index is 0.234. The summed E-state index contributed by atoms with van der Waals surface area (Å²) in [5.74, 6) is 0.222. The number of nitrogens with one attached hydrogen (secondary N) is 2. The van der Waals surface area contributed by atoms with Gasteiger partial charge in [-0.15, -0.1) is 0 Å². The predicted molar refractivity (Wildman–Crippen MR) is 101 cm³/mol. The van der Waals surface area contributed by atoms with Gasteiger partial charge in [0, 0.05) is 10.2 Å². The number of aromatic nitrogens is 1. The second-order valence-electron chi connectivity index (χ2n) is 5.18. The third-order valence-electron chi connectivity index (χ3n) is 3.40. The monoisotopic (exact) mass is 392 g/mol. The summed E-state index contributed by atoms with van der Waals surface area (Å²) >= 11 is 3.36. The van der Waals surface area contributed by atoms with Crippen molar-refractivity contribution in [3.05, 3.63) is 82.5 Å². The number of nitrogens with zero attached hydrogens (tertiary/aromatic N) is 2. The van der Waals surface area contributed by atoms with Crippen molar-refractivity contribution in [1.29, 1.82) is 5.26 Å². The molecule has 2 aromatic carbocycles. The average molecular weight is 393 g/mol. The van der Waals surface area contributed by atoms with Crippen LogP contribution >= 0.6 is 15.9 Å². The number of carbonyl (C=O) groups is 1. The third-order valence-corrected chi connectivity index (χ3v) is 4.10. The van der Waals surface area contributed by atoms with Crippen LogP contribution in [0.2, 0.25) is 0 Å². The number of anilines is 3. The van der Waals surface area contributed by atoms with Crippen LogP contribution in [-0.2, 0) is 0 Å². The molecule has 0 saturated carbocycles. The molecule has 1 aromatic heterocycles. The van der Waals surface area contributed by atoms with E-state index in [2.05, 4.69) is 37.6 Å². The Morgan fingerprint density at radius 3 is 2.60 bits per heavy atom. The maximum atomic E-state index is 12.3. The molecule has 2 N–H and O–H groups in total. The number of halogens is 1. The molecule has 6 heteroatoms. The van der Waals surface area contributed by atoms with E-state index in [9.17, 15) is 4.79 Å². The van der Waals surface area contributed by atoms with E-state index in [0.717, 1.165) is 15.8 Å². The first-order valence-corrected chi connectivity index (χ1v) is 8.24. The second kappa shape index (κ2) is 7.60. The number of carbonyl (C=O) groups excluding carboxylic acids is 1. The van der Waals surface area contributed by atoms with Crippen LogP contribution in [0.1, 0.15) is 15.9 Å². The fourth-order valence-electron chi connectivity index (χ4n) is 2.20. The highest BCUT2D eigenvalue weighted by molar-refractivity contribution is 9.10. The Hall–Kier alpha value is -3.17. The number of pyridine rings is 1. The van der Waals surface area contributed by atoms with Gasteiger partial charge in [-0.25, -0.2) is 4.98 Å². The summed E-state index contributed by atoms with van der Waals surface area (Å²) < 4.78 is 0.725. The van der Waals surface area contributed by atoms with Gasteiger partial charge in [0.05, 0.1) is 29.1 Å². The van der Waals surface area contributed by atoms with Gasteiger partial charge >= 0.3 is 0 Å². The van der Waals surface area contributed by atoms with Gasteiger partial charge in [0.1, 0.15) is 5.82 Å². The van der Waals surface area contributed by atoms with Crippen LogP contribution in [0.3, 0.4) is 0 Å². The number of rotatable bonds is 4. The topological polar surface area (TPSA) is 77.8 Å². The van der Waals surface area contributed by atoms with Crippen LogP contribution in [0.25, 0.3) is 0 Å². The molecule has 25 heavy (non-hydrogen) atoms. The van der Waals surface area contributed by atoms with Crippen molar-refractivity contribution in [2.45, 2.75) is 0 Å². The number of hydrogen-bond acceptors (Lipinski definition) is 4. The van der Waals surface area contributed by atoms with Crippen molar-refractivity contribution < 1.29 is 4.79 Å². The third kappa shape index (κ3) is 4.22.